The number of carbonyl (C=O) groups excluding carboxylic acids is 2. The molecule has 13 heteroatoms. The van der Waals surface area contributed by atoms with Gasteiger partial charge in [0.05, 0.1) is 30.8 Å². The molecule has 0 N–H and O–H groups in total. The molecule has 11 nitrogen and oxygen atoms in total. The van der Waals surface area contributed by atoms with Crippen LogP contribution in [0.4, 0.5) is 0 Å². The Kier molecular flexibility index (Phi) is 15.0. The first-order valence-corrected chi connectivity index (χ1v) is 22.2. The number of Topliss-reactive ketones (excluding diaryl/α,β-unsaturated/α-hetero) is 1. The molecule has 0 aromatic carbocycles. The molecular formula is C42H65NO10S2. The van der Waals surface area contributed by atoms with Crippen molar-refractivity contribution in [2.24, 2.45) is 35.5 Å². The van der Waals surface area contributed by atoms with Gasteiger partial charge in [-0.15, -0.1) is 0 Å². The molecule has 17 atom stereocenters. The Morgan fingerprint density at radius 2 is 1.69 bits per heavy atom. The molecule has 3 heterocycles. The molecule has 3 aliphatic carbocycles. The van der Waals surface area contributed by atoms with Gasteiger partial charge in [0.25, 0.3) is 0 Å². The van der Waals surface area contributed by atoms with Crippen molar-refractivity contribution in [2.75, 3.05) is 34.6 Å². The number of thioether (sulfide) groups is 1. The van der Waals surface area contributed by atoms with Gasteiger partial charge in [-0.25, -0.2) is 0 Å². The quantitative estimate of drug-likeness (QED) is 0.144. The lowest BCUT2D eigenvalue weighted by molar-refractivity contribution is -0.308. The highest BCUT2D eigenvalue weighted by molar-refractivity contribution is 8.22. The minimum absolute atomic E-state index is 0.0250. The Labute approximate surface area is 338 Å². The summed E-state index contributed by atoms with van der Waals surface area (Å²) in [4.78, 5) is 30.5. The van der Waals surface area contributed by atoms with Crippen LogP contribution < -0.4 is 0 Å². The Balaban J connectivity index is 1.20. The van der Waals surface area contributed by atoms with Crippen LogP contribution in [0.25, 0.3) is 0 Å². The Morgan fingerprint density at radius 3 is 2.36 bits per heavy atom. The van der Waals surface area contributed by atoms with Gasteiger partial charge in [-0.1, -0.05) is 43.8 Å². The number of hydrogen-bond donors (Lipinski definition) is 0. The van der Waals surface area contributed by atoms with E-state index in [0.717, 1.165) is 50.5 Å². The highest BCUT2D eigenvalue weighted by Gasteiger charge is 2.53. The van der Waals surface area contributed by atoms with E-state index in [9.17, 15) is 9.59 Å². The fraction of sp³-hybridized carbons (Fsp3) is 0.833. The van der Waals surface area contributed by atoms with Gasteiger partial charge in [0.1, 0.15) is 18.3 Å². The highest BCUT2D eigenvalue weighted by Crippen LogP contribution is 2.54. The first kappa shape index (κ1) is 43.2. The van der Waals surface area contributed by atoms with E-state index in [0.29, 0.717) is 16.8 Å². The standard InChI is InChI=1S/C42H65NO10S2/c1-10-26-12-11-13-34(52-36-17-16-33(43(5)6)23(3)48-36)22(2)37(45)32-20-30-28(31(32)21-35(44)50-26)15-14-25-18-27(19-29(25)30)51-41-40(47-8)39(53-42(54)55-9)38(46-7)24(4)49-41/h14-15,20,22-31,33-34,36,38-41H,10-13,16-19,21H2,1-9H3/t22-,23-,24+,25-,26+,27-,28-,29-,30-,31+,33+,34-,36+,38+,39-,40-,41+/m1/s1. The summed E-state index contributed by atoms with van der Waals surface area (Å²) in [5.41, 5.74) is 0.751. The first-order chi connectivity index (χ1) is 26.4. The molecule has 0 aromatic rings. The van der Waals surface area contributed by atoms with E-state index in [4.69, 9.17) is 50.1 Å². The largest absolute Gasteiger partial charge is 0.469 e. The Bertz CT molecular complexity index is 1410. The molecular weight excluding hydrogens is 743 g/mol. The summed E-state index contributed by atoms with van der Waals surface area (Å²) in [7, 11) is 7.44. The van der Waals surface area contributed by atoms with E-state index >= 15 is 0 Å². The van der Waals surface area contributed by atoms with Crippen LogP contribution in [0.15, 0.2) is 23.8 Å². The van der Waals surface area contributed by atoms with Gasteiger partial charge < -0.3 is 42.8 Å². The number of ether oxygens (including phenoxy) is 8. The van der Waals surface area contributed by atoms with E-state index in [1.54, 1.807) is 14.2 Å². The minimum atomic E-state index is -0.673. The number of ketones is 1. The average Bonchev–Trinajstić information content (AvgIpc) is 3.73. The fourth-order valence-electron chi connectivity index (χ4n) is 10.4. The van der Waals surface area contributed by atoms with Gasteiger partial charge in [-0.3, -0.25) is 9.59 Å². The lowest BCUT2D eigenvalue weighted by Gasteiger charge is -2.44. The third-order valence-corrected chi connectivity index (χ3v) is 14.4. The topological polar surface area (TPSA) is 111 Å². The molecule has 0 unspecified atom stereocenters. The van der Waals surface area contributed by atoms with Crippen LogP contribution >= 0.6 is 24.0 Å². The van der Waals surface area contributed by atoms with Crippen molar-refractivity contribution >= 4 is 40.1 Å². The molecule has 0 bridgehead atoms. The number of fused-ring (bicyclic) bond motifs is 5. The number of nitrogens with zero attached hydrogens (tertiary/aromatic N) is 1. The van der Waals surface area contributed by atoms with Crippen molar-refractivity contribution in [3.63, 3.8) is 0 Å². The van der Waals surface area contributed by atoms with Crippen LogP contribution in [-0.2, 0) is 47.5 Å². The summed E-state index contributed by atoms with van der Waals surface area (Å²) in [5.74, 6) is -0.136. The van der Waals surface area contributed by atoms with Gasteiger partial charge in [-0.2, -0.15) is 0 Å². The number of rotatable bonds is 9. The Morgan fingerprint density at radius 1 is 0.927 bits per heavy atom. The van der Waals surface area contributed by atoms with E-state index in [2.05, 4.69) is 51.1 Å². The van der Waals surface area contributed by atoms with Crippen LogP contribution in [-0.4, -0.2) is 123 Å². The molecule has 3 aliphatic heterocycles. The fourth-order valence-corrected chi connectivity index (χ4v) is 10.7. The van der Waals surface area contributed by atoms with Gasteiger partial charge in [0.15, 0.2) is 24.5 Å². The van der Waals surface area contributed by atoms with E-state index in [1.165, 1.54) is 11.8 Å². The second-order valence-electron chi connectivity index (χ2n) is 16.8. The number of likely N-dealkylation sites (N-methyl/N-ethyl adjacent to an activating group) is 1. The maximum Gasteiger partial charge on any atom is 0.306 e. The average molecular weight is 808 g/mol. The first-order valence-electron chi connectivity index (χ1n) is 20.6. The predicted octanol–water partition coefficient (Wildman–Crippen LogP) is 6.51. The summed E-state index contributed by atoms with van der Waals surface area (Å²) in [6.45, 7) is 8.13. The second kappa shape index (κ2) is 19.1. The van der Waals surface area contributed by atoms with Crippen LogP contribution in [0.5, 0.6) is 0 Å². The molecule has 6 rings (SSSR count). The molecule has 1 saturated carbocycles. The monoisotopic (exact) mass is 807 g/mol. The summed E-state index contributed by atoms with van der Waals surface area (Å²) >= 11 is 6.78. The van der Waals surface area contributed by atoms with Crippen molar-refractivity contribution in [3.8, 4) is 0 Å². The number of esters is 1. The molecule has 310 valence electrons. The number of methoxy groups -OCH3 is 2. The highest BCUT2D eigenvalue weighted by atomic mass is 32.2. The van der Waals surface area contributed by atoms with Gasteiger partial charge in [0, 0.05) is 32.1 Å². The van der Waals surface area contributed by atoms with Crippen molar-refractivity contribution in [3.05, 3.63) is 23.8 Å². The molecule has 0 amide bonds. The molecule has 6 aliphatic rings. The van der Waals surface area contributed by atoms with Gasteiger partial charge in [0.2, 0.25) is 4.38 Å². The number of allylic oxidation sites excluding steroid dienone is 4. The number of hydrogen-bond acceptors (Lipinski definition) is 13. The maximum atomic E-state index is 14.7. The molecule has 0 aromatic heterocycles. The molecule has 0 spiro atoms. The summed E-state index contributed by atoms with van der Waals surface area (Å²) in [6.07, 6.45) is 11.9. The van der Waals surface area contributed by atoms with Crippen molar-refractivity contribution in [2.45, 2.75) is 153 Å². The van der Waals surface area contributed by atoms with Crippen LogP contribution in [0.3, 0.4) is 0 Å². The number of cyclic esters (lactones) is 1. The molecule has 0 radical (unpaired) electrons. The van der Waals surface area contributed by atoms with Crippen molar-refractivity contribution < 1.29 is 47.5 Å². The maximum absolute atomic E-state index is 14.7. The summed E-state index contributed by atoms with van der Waals surface area (Å²) in [6, 6.07) is 0.332. The number of thiocarbonyl (C=S) groups is 1. The summed E-state index contributed by atoms with van der Waals surface area (Å²) in [5, 5.41) is 0. The van der Waals surface area contributed by atoms with Crippen LogP contribution in [0.1, 0.15) is 85.5 Å². The Hall–Kier alpha value is -1.42. The van der Waals surface area contributed by atoms with Crippen LogP contribution in [0.2, 0.25) is 0 Å². The zero-order chi connectivity index (χ0) is 39.6. The van der Waals surface area contributed by atoms with Crippen LogP contribution in [0, 0.1) is 35.5 Å². The van der Waals surface area contributed by atoms with Gasteiger partial charge >= 0.3 is 5.97 Å². The molecule has 4 fully saturated rings. The van der Waals surface area contributed by atoms with Crippen molar-refractivity contribution in [1.29, 1.82) is 0 Å². The lowest BCUT2D eigenvalue weighted by Crippen LogP contribution is -2.60. The van der Waals surface area contributed by atoms with Crippen molar-refractivity contribution in [1.82, 2.24) is 4.90 Å². The van der Waals surface area contributed by atoms with E-state index in [-0.39, 0.29) is 96.6 Å². The molecule has 3 saturated heterocycles. The third-order valence-electron chi connectivity index (χ3n) is 13.4. The smallest absolute Gasteiger partial charge is 0.306 e. The predicted molar refractivity (Wildman–Crippen MR) is 214 cm³/mol. The SMILES string of the molecule is CC[C@H]1CCC[C@@H](O[C@H]2CC[C@H](N(C)C)[C@@H](C)O2)[C@@H](C)C(=O)C2=C[C@@H]3[C@@H](C=C[C@@H]4C[C@@H](O[C@@H]5O[C@@H](C)[C@H](OC)[C@@H](OC(=S)SC)[C@H]5OC)C[C@@H]34)[C@@H]2CC(=O)O1. The lowest BCUT2D eigenvalue weighted by atomic mass is 9.70. The minimum Gasteiger partial charge on any atom is -0.469 e. The molecule has 55 heavy (non-hydrogen) atoms. The zero-order valence-corrected chi connectivity index (χ0v) is 35.9. The van der Waals surface area contributed by atoms with E-state index in [1.807, 2.05) is 20.1 Å². The zero-order valence-electron chi connectivity index (χ0n) is 34.3. The third kappa shape index (κ3) is 9.57. The van der Waals surface area contributed by atoms with E-state index < -0.39 is 18.5 Å². The normalized spacial score (nSPS) is 43.7. The summed E-state index contributed by atoms with van der Waals surface area (Å²) < 4.78 is 50.6. The second-order valence-corrected chi connectivity index (χ2v) is 18.2. The number of carbonyl (C=O) groups is 2. The van der Waals surface area contributed by atoms with Gasteiger partial charge in [-0.05, 0) is 127 Å².